The zero-order valence-corrected chi connectivity index (χ0v) is 11.2. The van der Waals surface area contributed by atoms with E-state index in [0.29, 0.717) is 11.1 Å². The molecule has 0 amide bonds. The van der Waals surface area contributed by atoms with E-state index in [2.05, 4.69) is 0 Å². The fourth-order valence-corrected chi connectivity index (χ4v) is 2.02. The fourth-order valence-electron chi connectivity index (χ4n) is 2.02. The molecule has 2 aromatic rings. The molecule has 0 saturated carbocycles. The molecule has 0 aliphatic carbocycles. The van der Waals surface area contributed by atoms with Crippen LogP contribution < -0.4 is 4.74 Å². The van der Waals surface area contributed by atoms with Gasteiger partial charge in [0, 0.05) is 11.1 Å². The van der Waals surface area contributed by atoms with Crippen molar-refractivity contribution in [2.75, 3.05) is 7.11 Å². The maximum Gasteiger partial charge on any atom is 0.193 e. The van der Waals surface area contributed by atoms with Crippen LogP contribution in [0.25, 0.3) is 0 Å². The Balaban J connectivity index is 2.44. The molecule has 0 spiro atoms. The van der Waals surface area contributed by atoms with E-state index in [4.69, 9.17) is 4.74 Å². The lowest BCUT2D eigenvalue weighted by atomic mass is 9.97. The highest BCUT2D eigenvalue weighted by Crippen LogP contribution is 2.24. The number of aromatic hydroxyl groups is 1. The maximum absolute atomic E-state index is 12.4. The summed E-state index contributed by atoms with van der Waals surface area (Å²) in [4.78, 5) is 12.4. The van der Waals surface area contributed by atoms with Crippen LogP contribution in [0, 0.1) is 13.8 Å². The number of hydrogen-bond donors (Lipinski definition) is 1. The number of hydrogen-bond acceptors (Lipinski definition) is 3. The highest BCUT2D eigenvalue weighted by molar-refractivity contribution is 6.10. The molecule has 2 rings (SSSR count). The van der Waals surface area contributed by atoms with Crippen LogP contribution >= 0.6 is 0 Å². The number of aryl methyl sites for hydroxylation is 2. The summed E-state index contributed by atoms with van der Waals surface area (Å²) in [5.74, 6) is 0.877. The van der Waals surface area contributed by atoms with Crippen molar-refractivity contribution in [2.24, 2.45) is 0 Å². The highest BCUT2D eigenvalue weighted by atomic mass is 16.5. The Morgan fingerprint density at radius 2 is 1.68 bits per heavy atom. The summed E-state index contributed by atoms with van der Waals surface area (Å²) in [6.07, 6.45) is 0. The Bertz CT molecular complexity index is 613. The van der Waals surface area contributed by atoms with Crippen molar-refractivity contribution in [3.8, 4) is 11.5 Å². The minimum atomic E-state index is -0.0525. The SMILES string of the molecule is COc1cc(C)c(C(=O)c2ccc(O)cc2)cc1C. The van der Waals surface area contributed by atoms with Crippen molar-refractivity contribution < 1.29 is 14.6 Å². The van der Waals surface area contributed by atoms with Crippen molar-refractivity contribution >= 4 is 5.78 Å². The van der Waals surface area contributed by atoms with Gasteiger partial charge in [-0.15, -0.1) is 0 Å². The van der Waals surface area contributed by atoms with Gasteiger partial charge in [0.15, 0.2) is 5.78 Å². The minimum Gasteiger partial charge on any atom is -0.508 e. The second-order valence-corrected chi connectivity index (χ2v) is 4.51. The molecule has 19 heavy (non-hydrogen) atoms. The quantitative estimate of drug-likeness (QED) is 0.857. The number of rotatable bonds is 3. The zero-order valence-electron chi connectivity index (χ0n) is 11.2. The average Bonchev–Trinajstić information content (AvgIpc) is 2.41. The zero-order chi connectivity index (χ0) is 14.0. The standard InChI is InChI=1S/C16H16O3/c1-10-9-15(19-3)11(2)8-14(10)16(18)12-4-6-13(17)7-5-12/h4-9,17H,1-3H3. The Morgan fingerprint density at radius 3 is 2.26 bits per heavy atom. The minimum absolute atomic E-state index is 0.0525. The van der Waals surface area contributed by atoms with Crippen molar-refractivity contribution in [1.82, 2.24) is 0 Å². The van der Waals surface area contributed by atoms with Crippen LogP contribution in [0.4, 0.5) is 0 Å². The third-order valence-electron chi connectivity index (χ3n) is 3.12. The summed E-state index contributed by atoms with van der Waals surface area (Å²) in [6.45, 7) is 3.79. The lowest BCUT2D eigenvalue weighted by Crippen LogP contribution is -2.04. The number of phenols is 1. The van der Waals surface area contributed by atoms with Gasteiger partial charge in [0.25, 0.3) is 0 Å². The van der Waals surface area contributed by atoms with Crippen molar-refractivity contribution in [1.29, 1.82) is 0 Å². The molecule has 0 saturated heterocycles. The first-order valence-corrected chi connectivity index (χ1v) is 6.02. The fraction of sp³-hybridized carbons (Fsp3) is 0.188. The van der Waals surface area contributed by atoms with Gasteiger partial charge < -0.3 is 9.84 Å². The van der Waals surface area contributed by atoms with E-state index in [1.807, 2.05) is 26.0 Å². The van der Waals surface area contributed by atoms with Gasteiger partial charge in [0.2, 0.25) is 0 Å². The predicted molar refractivity (Wildman–Crippen MR) is 74.0 cm³/mol. The van der Waals surface area contributed by atoms with Gasteiger partial charge in [-0.2, -0.15) is 0 Å². The van der Waals surface area contributed by atoms with Gasteiger partial charge in [-0.05, 0) is 61.4 Å². The Hall–Kier alpha value is -2.29. The Kier molecular flexibility index (Phi) is 3.56. The van der Waals surface area contributed by atoms with Crippen LogP contribution in [0.15, 0.2) is 36.4 Å². The lowest BCUT2D eigenvalue weighted by Gasteiger charge is -2.10. The molecule has 3 heteroatoms. The third kappa shape index (κ3) is 2.60. The first-order valence-electron chi connectivity index (χ1n) is 6.02. The molecule has 0 atom stereocenters. The van der Waals surface area contributed by atoms with Gasteiger partial charge in [-0.1, -0.05) is 0 Å². The van der Waals surface area contributed by atoms with Crippen LogP contribution in [-0.4, -0.2) is 18.0 Å². The molecule has 0 aliphatic heterocycles. The molecule has 3 nitrogen and oxygen atoms in total. The monoisotopic (exact) mass is 256 g/mol. The summed E-state index contributed by atoms with van der Waals surface area (Å²) in [5, 5.41) is 9.25. The normalized spacial score (nSPS) is 10.3. The van der Waals surface area contributed by atoms with E-state index < -0.39 is 0 Å². The Labute approximate surface area is 112 Å². The number of phenolic OH excluding ortho intramolecular Hbond substituents is 1. The molecule has 0 bridgehead atoms. The van der Waals surface area contributed by atoms with E-state index >= 15 is 0 Å². The molecule has 0 unspecified atom stereocenters. The summed E-state index contributed by atoms with van der Waals surface area (Å²) in [6, 6.07) is 9.97. The summed E-state index contributed by atoms with van der Waals surface area (Å²) in [5.41, 5.74) is 3.02. The predicted octanol–water partition coefficient (Wildman–Crippen LogP) is 3.25. The van der Waals surface area contributed by atoms with E-state index in [1.54, 1.807) is 19.2 Å². The number of methoxy groups -OCH3 is 1. The summed E-state index contributed by atoms with van der Waals surface area (Å²) >= 11 is 0. The molecule has 1 N–H and O–H groups in total. The van der Waals surface area contributed by atoms with Crippen LogP contribution in [0.3, 0.4) is 0 Å². The molecule has 0 radical (unpaired) electrons. The molecule has 0 aliphatic rings. The van der Waals surface area contributed by atoms with Crippen LogP contribution in [0.2, 0.25) is 0 Å². The number of carbonyl (C=O) groups excluding carboxylic acids is 1. The maximum atomic E-state index is 12.4. The largest absolute Gasteiger partial charge is 0.508 e. The van der Waals surface area contributed by atoms with Gasteiger partial charge in [0.1, 0.15) is 11.5 Å². The first kappa shape index (κ1) is 13.1. The van der Waals surface area contributed by atoms with Crippen LogP contribution in [0.1, 0.15) is 27.0 Å². The smallest absolute Gasteiger partial charge is 0.193 e. The third-order valence-corrected chi connectivity index (χ3v) is 3.12. The number of ketones is 1. The molecule has 2 aromatic carbocycles. The number of benzene rings is 2. The van der Waals surface area contributed by atoms with Crippen molar-refractivity contribution in [3.63, 3.8) is 0 Å². The molecule has 0 heterocycles. The van der Waals surface area contributed by atoms with E-state index in [-0.39, 0.29) is 11.5 Å². The van der Waals surface area contributed by atoms with Crippen molar-refractivity contribution in [3.05, 3.63) is 58.7 Å². The molecule has 0 fully saturated rings. The number of carbonyl (C=O) groups is 1. The van der Waals surface area contributed by atoms with Gasteiger partial charge in [0.05, 0.1) is 7.11 Å². The second kappa shape index (κ2) is 5.14. The summed E-state index contributed by atoms with van der Waals surface area (Å²) < 4.78 is 5.24. The first-order chi connectivity index (χ1) is 9.02. The van der Waals surface area contributed by atoms with Crippen LogP contribution in [-0.2, 0) is 0 Å². The second-order valence-electron chi connectivity index (χ2n) is 4.51. The average molecular weight is 256 g/mol. The highest BCUT2D eigenvalue weighted by Gasteiger charge is 2.14. The van der Waals surface area contributed by atoms with Gasteiger partial charge in [-0.3, -0.25) is 4.79 Å². The topological polar surface area (TPSA) is 46.5 Å². The van der Waals surface area contributed by atoms with Gasteiger partial charge >= 0.3 is 0 Å². The van der Waals surface area contributed by atoms with Crippen molar-refractivity contribution in [2.45, 2.75) is 13.8 Å². The molecule has 0 aromatic heterocycles. The molecular formula is C16H16O3. The Morgan fingerprint density at radius 1 is 1.05 bits per heavy atom. The molecule has 98 valence electrons. The molecular weight excluding hydrogens is 240 g/mol. The summed E-state index contributed by atoms with van der Waals surface area (Å²) in [7, 11) is 1.61. The van der Waals surface area contributed by atoms with E-state index in [0.717, 1.165) is 16.9 Å². The number of ether oxygens (including phenoxy) is 1. The lowest BCUT2D eigenvalue weighted by molar-refractivity contribution is 0.103. The van der Waals surface area contributed by atoms with Crippen LogP contribution in [0.5, 0.6) is 11.5 Å². The van der Waals surface area contributed by atoms with E-state index in [1.165, 1.54) is 12.1 Å². The van der Waals surface area contributed by atoms with E-state index in [9.17, 15) is 9.90 Å². The van der Waals surface area contributed by atoms with Gasteiger partial charge in [-0.25, -0.2) is 0 Å².